The first-order valence-corrected chi connectivity index (χ1v) is 8.95. The zero-order valence-corrected chi connectivity index (χ0v) is 14.6. The molecule has 1 aliphatic heterocycles. The smallest absolute Gasteiger partial charge is 0.255 e. The van der Waals surface area contributed by atoms with Crippen molar-refractivity contribution >= 4 is 17.2 Å². The van der Waals surface area contributed by atoms with E-state index in [9.17, 15) is 9.90 Å². The topological polar surface area (TPSA) is 58.4 Å². The monoisotopic (exact) mass is 333 g/mol. The summed E-state index contributed by atoms with van der Waals surface area (Å²) in [7, 11) is 0. The molecule has 2 aromatic rings. The summed E-state index contributed by atoms with van der Waals surface area (Å²) in [6.45, 7) is 6.54. The number of nitrogens with zero attached hydrogens (tertiary/aromatic N) is 3. The van der Waals surface area contributed by atoms with Crippen molar-refractivity contribution in [2.45, 2.75) is 52.2 Å². The van der Waals surface area contributed by atoms with Gasteiger partial charge in [0, 0.05) is 35.6 Å². The molecule has 2 atom stereocenters. The Morgan fingerprint density at radius 3 is 2.96 bits per heavy atom. The van der Waals surface area contributed by atoms with Gasteiger partial charge in [0.2, 0.25) is 0 Å². The maximum Gasteiger partial charge on any atom is 0.255 e. The Bertz CT molecular complexity index is 691. The molecule has 0 radical (unpaired) electrons. The minimum atomic E-state index is -0.379. The normalized spacial score (nSPS) is 19.3. The quantitative estimate of drug-likeness (QED) is 0.936. The lowest BCUT2D eigenvalue weighted by molar-refractivity contribution is 0.0681. The molecule has 23 heavy (non-hydrogen) atoms. The van der Waals surface area contributed by atoms with Crippen LogP contribution in [0.1, 0.15) is 47.9 Å². The maximum absolute atomic E-state index is 13.0. The van der Waals surface area contributed by atoms with Crippen molar-refractivity contribution in [3.8, 4) is 5.13 Å². The van der Waals surface area contributed by atoms with E-state index in [0.717, 1.165) is 41.5 Å². The van der Waals surface area contributed by atoms with E-state index in [2.05, 4.69) is 4.98 Å². The van der Waals surface area contributed by atoms with Gasteiger partial charge in [0.15, 0.2) is 5.13 Å². The van der Waals surface area contributed by atoms with E-state index in [1.807, 2.05) is 34.8 Å². The average Bonchev–Trinajstić information content (AvgIpc) is 3.19. The van der Waals surface area contributed by atoms with Crippen LogP contribution in [0.5, 0.6) is 0 Å². The van der Waals surface area contributed by atoms with Crippen LogP contribution in [0.4, 0.5) is 0 Å². The molecule has 0 aromatic carbocycles. The van der Waals surface area contributed by atoms with Crippen molar-refractivity contribution in [2.75, 3.05) is 6.54 Å². The van der Waals surface area contributed by atoms with Crippen LogP contribution in [0, 0.1) is 13.8 Å². The predicted molar refractivity (Wildman–Crippen MR) is 91.3 cm³/mol. The summed E-state index contributed by atoms with van der Waals surface area (Å²) in [5, 5.41) is 12.5. The second-order valence-electron chi connectivity index (χ2n) is 6.31. The fourth-order valence-corrected chi connectivity index (χ4v) is 4.25. The molecule has 1 saturated heterocycles. The van der Waals surface area contributed by atoms with Crippen LogP contribution in [0.25, 0.3) is 5.13 Å². The lowest BCUT2D eigenvalue weighted by Gasteiger charge is -2.25. The number of carbonyl (C=O) groups excluding carboxylic acids is 1. The van der Waals surface area contributed by atoms with Gasteiger partial charge in [0.05, 0.1) is 11.7 Å². The number of aliphatic hydroxyl groups is 1. The highest BCUT2D eigenvalue weighted by molar-refractivity contribution is 7.12. The summed E-state index contributed by atoms with van der Waals surface area (Å²) in [6.07, 6.45) is 4.03. The zero-order chi connectivity index (χ0) is 16.6. The number of hydrogen-bond donors (Lipinski definition) is 1. The number of likely N-dealkylation sites (tertiary alicyclic amines) is 1. The van der Waals surface area contributed by atoms with Crippen LogP contribution in [-0.4, -0.2) is 44.2 Å². The highest BCUT2D eigenvalue weighted by atomic mass is 32.1. The number of carbonyl (C=O) groups is 1. The van der Waals surface area contributed by atoms with Crippen LogP contribution in [0.2, 0.25) is 0 Å². The van der Waals surface area contributed by atoms with Crippen molar-refractivity contribution in [3.63, 3.8) is 0 Å². The van der Waals surface area contributed by atoms with E-state index >= 15 is 0 Å². The van der Waals surface area contributed by atoms with Gasteiger partial charge in [-0.15, -0.1) is 11.3 Å². The summed E-state index contributed by atoms with van der Waals surface area (Å²) in [5.74, 6) is 0.0732. The molecular formula is C17H23N3O2S. The molecule has 2 aromatic heterocycles. The number of aryl methyl sites for hydroxylation is 1. The number of aliphatic hydroxyl groups excluding tert-OH is 1. The number of hydrogen-bond acceptors (Lipinski definition) is 4. The SMILES string of the molecule is Cc1cc(C(=O)N2CCCC2CC(C)O)c(C)n1-c1nccs1. The van der Waals surface area contributed by atoms with E-state index in [4.69, 9.17) is 0 Å². The van der Waals surface area contributed by atoms with Gasteiger partial charge in [-0.1, -0.05) is 0 Å². The predicted octanol–water partition coefficient (Wildman–Crippen LogP) is 2.93. The Morgan fingerprint density at radius 1 is 1.52 bits per heavy atom. The largest absolute Gasteiger partial charge is 0.393 e. The van der Waals surface area contributed by atoms with E-state index in [-0.39, 0.29) is 18.1 Å². The molecule has 0 saturated carbocycles. The molecule has 1 fully saturated rings. The van der Waals surface area contributed by atoms with Crippen LogP contribution in [0.15, 0.2) is 17.6 Å². The third-order valence-electron chi connectivity index (χ3n) is 4.52. The third-order valence-corrected chi connectivity index (χ3v) is 5.28. The minimum absolute atomic E-state index is 0.0732. The van der Waals surface area contributed by atoms with Gasteiger partial charge < -0.3 is 10.0 Å². The van der Waals surface area contributed by atoms with Crippen LogP contribution in [0.3, 0.4) is 0 Å². The van der Waals surface area contributed by atoms with Crippen LogP contribution >= 0.6 is 11.3 Å². The van der Waals surface area contributed by atoms with Gasteiger partial charge in [0.25, 0.3) is 5.91 Å². The average molecular weight is 333 g/mol. The molecule has 6 heteroatoms. The molecule has 0 aliphatic carbocycles. The van der Waals surface area contributed by atoms with Crippen molar-refractivity contribution in [1.82, 2.24) is 14.5 Å². The molecule has 124 valence electrons. The molecule has 5 nitrogen and oxygen atoms in total. The second kappa shape index (κ2) is 6.45. The second-order valence-corrected chi connectivity index (χ2v) is 7.19. The number of thiazole rings is 1. The van der Waals surface area contributed by atoms with Gasteiger partial charge in [-0.3, -0.25) is 9.36 Å². The van der Waals surface area contributed by atoms with Crippen molar-refractivity contribution < 1.29 is 9.90 Å². The molecule has 3 heterocycles. The molecule has 1 aliphatic rings. The zero-order valence-electron chi connectivity index (χ0n) is 13.8. The Hall–Kier alpha value is -1.66. The highest BCUT2D eigenvalue weighted by Gasteiger charge is 2.32. The Balaban J connectivity index is 1.90. The summed E-state index contributed by atoms with van der Waals surface area (Å²) in [6, 6.07) is 2.10. The first-order valence-electron chi connectivity index (χ1n) is 8.07. The lowest BCUT2D eigenvalue weighted by Crippen LogP contribution is -2.37. The third kappa shape index (κ3) is 3.05. The minimum Gasteiger partial charge on any atom is -0.393 e. The van der Waals surface area contributed by atoms with Crippen LogP contribution in [-0.2, 0) is 0 Å². The fourth-order valence-electron chi connectivity index (χ4n) is 3.50. The van der Waals surface area contributed by atoms with Crippen LogP contribution < -0.4 is 0 Å². The summed E-state index contributed by atoms with van der Waals surface area (Å²) in [5.41, 5.74) is 2.70. The molecule has 1 N–H and O–H groups in total. The van der Waals surface area contributed by atoms with Crippen molar-refractivity contribution in [2.24, 2.45) is 0 Å². The number of rotatable bonds is 4. The van der Waals surface area contributed by atoms with Crippen molar-refractivity contribution in [3.05, 3.63) is 34.6 Å². The van der Waals surface area contributed by atoms with E-state index in [1.54, 1.807) is 24.5 Å². The van der Waals surface area contributed by atoms with Gasteiger partial charge in [-0.25, -0.2) is 4.98 Å². The summed E-state index contributed by atoms with van der Waals surface area (Å²) in [4.78, 5) is 19.3. The van der Waals surface area contributed by atoms with Gasteiger partial charge in [0.1, 0.15) is 0 Å². The Morgan fingerprint density at radius 2 is 2.30 bits per heavy atom. The van der Waals surface area contributed by atoms with Gasteiger partial charge in [-0.2, -0.15) is 0 Å². The lowest BCUT2D eigenvalue weighted by atomic mass is 10.1. The van der Waals surface area contributed by atoms with Gasteiger partial charge >= 0.3 is 0 Å². The summed E-state index contributed by atoms with van der Waals surface area (Å²) >= 11 is 1.56. The van der Waals surface area contributed by atoms with E-state index in [0.29, 0.717) is 6.42 Å². The molecule has 3 rings (SSSR count). The van der Waals surface area contributed by atoms with Gasteiger partial charge in [-0.05, 0) is 46.1 Å². The fraction of sp³-hybridized carbons (Fsp3) is 0.529. The number of amides is 1. The maximum atomic E-state index is 13.0. The Labute approximate surface area is 140 Å². The molecule has 0 spiro atoms. The summed E-state index contributed by atoms with van der Waals surface area (Å²) < 4.78 is 2.04. The first-order chi connectivity index (χ1) is 11.0. The number of aromatic nitrogens is 2. The molecule has 0 bridgehead atoms. The van der Waals surface area contributed by atoms with E-state index in [1.165, 1.54) is 0 Å². The standard InChI is InChI=1S/C17H23N3O2S/c1-11-9-15(13(3)20(11)17-18-6-8-23-17)16(22)19-7-4-5-14(19)10-12(2)21/h6,8-9,12,14,21H,4-5,7,10H2,1-3H3. The molecular weight excluding hydrogens is 310 g/mol. The molecule has 1 amide bonds. The van der Waals surface area contributed by atoms with Crippen molar-refractivity contribution in [1.29, 1.82) is 0 Å². The Kier molecular flexibility index (Phi) is 4.55. The highest BCUT2D eigenvalue weighted by Crippen LogP contribution is 2.27. The molecule has 2 unspecified atom stereocenters. The van der Waals surface area contributed by atoms with E-state index < -0.39 is 0 Å². The first kappa shape index (κ1) is 16.2.